The van der Waals surface area contributed by atoms with Gasteiger partial charge in [-0.25, -0.2) is 0 Å². The van der Waals surface area contributed by atoms with Gasteiger partial charge in [0, 0.05) is 23.5 Å². The lowest BCUT2D eigenvalue weighted by molar-refractivity contribution is -0.117. The fourth-order valence-electron chi connectivity index (χ4n) is 3.49. The van der Waals surface area contributed by atoms with Crippen molar-refractivity contribution in [3.05, 3.63) is 108 Å². The quantitative estimate of drug-likeness (QED) is 0.408. The van der Waals surface area contributed by atoms with Gasteiger partial charge in [0.1, 0.15) is 5.78 Å². The van der Waals surface area contributed by atoms with Crippen molar-refractivity contribution in [1.29, 1.82) is 0 Å². The second kappa shape index (κ2) is 9.05. The van der Waals surface area contributed by atoms with Crippen molar-refractivity contribution in [2.24, 2.45) is 5.92 Å². The Morgan fingerprint density at radius 2 is 1.04 bits per heavy atom. The molecule has 0 fully saturated rings. The molecule has 28 heavy (non-hydrogen) atoms. The van der Waals surface area contributed by atoms with Gasteiger partial charge >= 0.3 is 0 Å². The van der Waals surface area contributed by atoms with Gasteiger partial charge in [-0.2, -0.15) is 0 Å². The van der Waals surface area contributed by atoms with Crippen LogP contribution in [0.4, 0.5) is 0 Å². The standard InChI is InChI=1S/C25H22O3/c1-18(26)17-22(19-11-5-2-6-12-19)23(24(27)20-13-7-3-8-14-20)25(28)21-15-9-4-10-16-21/h2-16,22-23H,17H2,1H3. The van der Waals surface area contributed by atoms with E-state index in [0.717, 1.165) is 5.56 Å². The summed E-state index contributed by atoms with van der Waals surface area (Å²) >= 11 is 0. The Labute approximate surface area is 165 Å². The molecule has 0 saturated carbocycles. The zero-order valence-electron chi connectivity index (χ0n) is 15.7. The number of hydrogen-bond acceptors (Lipinski definition) is 3. The van der Waals surface area contributed by atoms with E-state index in [0.29, 0.717) is 11.1 Å². The molecule has 0 spiro atoms. The molecule has 3 heteroatoms. The van der Waals surface area contributed by atoms with Crippen LogP contribution in [0.1, 0.15) is 45.5 Å². The van der Waals surface area contributed by atoms with E-state index in [-0.39, 0.29) is 23.8 Å². The topological polar surface area (TPSA) is 51.2 Å². The minimum absolute atomic E-state index is 0.0550. The fourth-order valence-corrected chi connectivity index (χ4v) is 3.49. The molecule has 0 aliphatic carbocycles. The molecule has 3 aromatic rings. The highest BCUT2D eigenvalue weighted by Gasteiger charge is 2.37. The van der Waals surface area contributed by atoms with Crippen LogP contribution < -0.4 is 0 Å². The van der Waals surface area contributed by atoms with Crippen LogP contribution in [0.2, 0.25) is 0 Å². The molecule has 0 aromatic heterocycles. The largest absolute Gasteiger partial charge is 0.300 e. The first kappa shape index (κ1) is 19.4. The SMILES string of the molecule is CC(=O)CC(c1ccccc1)C(C(=O)c1ccccc1)C(=O)c1ccccc1. The van der Waals surface area contributed by atoms with Crippen LogP contribution in [-0.4, -0.2) is 17.3 Å². The maximum atomic E-state index is 13.4. The van der Waals surface area contributed by atoms with Gasteiger partial charge in [-0.3, -0.25) is 9.59 Å². The Balaban J connectivity index is 2.11. The smallest absolute Gasteiger partial charge is 0.174 e. The number of ketones is 3. The van der Waals surface area contributed by atoms with Crippen LogP contribution in [0.25, 0.3) is 0 Å². The van der Waals surface area contributed by atoms with E-state index in [2.05, 4.69) is 0 Å². The summed E-state index contributed by atoms with van der Waals surface area (Å²) in [6, 6.07) is 27.0. The summed E-state index contributed by atoms with van der Waals surface area (Å²) in [6.45, 7) is 1.49. The van der Waals surface area contributed by atoms with Gasteiger partial charge in [0.25, 0.3) is 0 Å². The molecular formula is C25H22O3. The highest BCUT2D eigenvalue weighted by molar-refractivity contribution is 6.17. The summed E-state index contributed by atoms with van der Waals surface area (Å²) in [5.74, 6) is -2.05. The number of hydrogen-bond donors (Lipinski definition) is 0. The molecule has 1 unspecified atom stereocenters. The van der Waals surface area contributed by atoms with Crippen LogP contribution in [0.5, 0.6) is 0 Å². The predicted octanol–water partition coefficient (Wildman–Crippen LogP) is 5.13. The molecular weight excluding hydrogens is 348 g/mol. The summed E-state index contributed by atoms with van der Waals surface area (Å²) in [5, 5.41) is 0. The third kappa shape index (κ3) is 4.49. The van der Waals surface area contributed by atoms with Gasteiger partial charge in [-0.1, -0.05) is 91.0 Å². The first-order chi connectivity index (χ1) is 13.6. The molecule has 0 aliphatic heterocycles. The zero-order chi connectivity index (χ0) is 19.9. The minimum Gasteiger partial charge on any atom is -0.300 e. The van der Waals surface area contributed by atoms with E-state index in [4.69, 9.17) is 0 Å². The summed E-state index contributed by atoms with van der Waals surface area (Å²) in [7, 11) is 0. The van der Waals surface area contributed by atoms with Crippen molar-refractivity contribution in [3.63, 3.8) is 0 Å². The third-order valence-corrected chi connectivity index (χ3v) is 4.82. The highest BCUT2D eigenvalue weighted by atomic mass is 16.2. The maximum absolute atomic E-state index is 13.4. The Morgan fingerprint density at radius 3 is 1.43 bits per heavy atom. The van der Waals surface area contributed by atoms with Gasteiger partial charge in [0.15, 0.2) is 11.6 Å². The van der Waals surface area contributed by atoms with E-state index < -0.39 is 11.8 Å². The molecule has 0 N–H and O–H groups in total. The van der Waals surface area contributed by atoms with Crippen LogP contribution in [-0.2, 0) is 4.79 Å². The number of Topliss-reactive ketones (excluding diaryl/α,β-unsaturated/α-hetero) is 3. The van der Waals surface area contributed by atoms with E-state index in [1.807, 2.05) is 42.5 Å². The Bertz CT molecular complexity index is 895. The number of benzene rings is 3. The molecule has 0 amide bonds. The molecule has 1 atom stereocenters. The van der Waals surface area contributed by atoms with Crippen LogP contribution >= 0.6 is 0 Å². The number of rotatable bonds is 8. The Kier molecular flexibility index (Phi) is 6.28. The average molecular weight is 370 g/mol. The third-order valence-electron chi connectivity index (χ3n) is 4.82. The van der Waals surface area contributed by atoms with Gasteiger partial charge in [-0.05, 0) is 12.5 Å². The maximum Gasteiger partial charge on any atom is 0.174 e. The van der Waals surface area contributed by atoms with Gasteiger partial charge in [-0.15, -0.1) is 0 Å². The zero-order valence-corrected chi connectivity index (χ0v) is 15.7. The molecule has 3 aromatic carbocycles. The lowest BCUT2D eigenvalue weighted by atomic mass is 9.75. The summed E-state index contributed by atoms with van der Waals surface area (Å²) < 4.78 is 0. The first-order valence-electron chi connectivity index (χ1n) is 9.31. The molecule has 0 aliphatic rings. The molecule has 0 saturated heterocycles. The van der Waals surface area contributed by atoms with Crippen molar-refractivity contribution in [2.75, 3.05) is 0 Å². The molecule has 3 rings (SSSR count). The van der Waals surface area contributed by atoms with Crippen molar-refractivity contribution < 1.29 is 14.4 Å². The highest BCUT2D eigenvalue weighted by Crippen LogP contribution is 2.33. The fraction of sp³-hybridized carbons (Fsp3) is 0.160. The van der Waals surface area contributed by atoms with Gasteiger partial charge in [0.05, 0.1) is 5.92 Å². The second-order valence-electron chi connectivity index (χ2n) is 6.86. The monoisotopic (exact) mass is 370 g/mol. The van der Waals surface area contributed by atoms with E-state index >= 15 is 0 Å². The lowest BCUT2D eigenvalue weighted by Gasteiger charge is -2.25. The molecule has 0 radical (unpaired) electrons. The molecule has 0 bridgehead atoms. The van der Waals surface area contributed by atoms with Crippen molar-refractivity contribution in [3.8, 4) is 0 Å². The summed E-state index contributed by atoms with van der Waals surface area (Å²) in [4.78, 5) is 38.9. The van der Waals surface area contributed by atoms with E-state index in [1.54, 1.807) is 48.5 Å². The average Bonchev–Trinajstić information content (AvgIpc) is 2.74. The van der Waals surface area contributed by atoms with Gasteiger partial charge in [0.2, 0.25) is 0 Å². The number of carbonyl (C=O) groups is 3. The van der Waals surface area contributed by atoms with Crippen molar-refractivity contribution >= 4 is 17.3 Å². The molecule has 3 nitrogen and oxygen atoms in total. The Hall–Kier alpha value is -3.33. The molecule has 140 valence electrons. The number of carbonyl (C=O) groups excluding carboxylic acids is 3. The van der Waals surface area contributed by atoms with Crippen LogP contribution in [0.15, 0.2) is 91.0 Å². The van der Waals surface area contributed by atoms with Crippen molar-refractivity contribution in [1.82, 2.24) is 0 Å². The van der Waals surface area contributed by atoms with Crippen molar-refractivity contribution in [2.45, 2.75) is 19.3 Å². The van der Waals surface area contributed by atoms with E-state index in [9.17, 15) is 14.4 Å². The van der Waals surface area contributed by atoms with Crippen LogP contribution in [0, 0.1) is 5.92 Å². The first-order valence-corrected chi connectivity index (χ1v) is 9.31. The van der Waals surface area contributed by atoms with Crippen LogP contribution in [0.3, 0.4) is 0 Å². The summed E-state index contributed by atoms with van der Waals surface area (Å²) in [5.41, 5.74) is 1.76. The van der Waals surface area contributed by atoms with Gasteiger partial charge < -0.3 is 4.79 Å². The van der Waals surface area contributed by atoms with E-state index in [1.165, 1.54) is 6.92 Å². The lowest BCUT2D eigenvalue weighted by Crippen LogP contribution is -2.32. The summed E-state index contributed by atoms with van der Waals surface area (Å²) in [6.07, 6.45) is 0.131. The predicted molar refractivity (Wildman–Crippen MR) is 110 cm³/mol. The minimum atomic E-state index is -0.962. The second-order valence-corrected chi connectivity index (χ2v) is 6.86. The normalized spacial score (nSPS) is 11.8. The Morgan fingerprint density at radius 1 is 0.643 bits per heavy atom. The molecule has 0 heterocycles.